The summed E-state index contributed by atoms with van der Waals surface area (Å²) in [6.45, 7) is 0. The Balaban J connectivity index is 2.46. The first-order chi connectivity index (χ1) is 6.47. The van der Waals surface area contributed by atoms with Crippen molar-refractivity contribution in [2.75, 3.05) is 0 Å². The molecule has 1 saturated carbocycles. The molecule has 1 aromatic rings. The van der Waals surface area contributed by atoms with Gasteiger partial charge in [-0.05, 0) is 18.9 Å². The molecule has 1 N–H and O–H groups in total. The summed E-state index contributed by atoms with van der Waals surface area (Å²) >= 11 is 0. The summed E-state index contributed by atoms with van der Waals surface area (Å²) in [7, 11) is 0. The quantitative estimate of drug-likeness (QED) is 0.742. The minimum absolute atomic E-state index is 0.00694. The Morgan fingerprint density at radius 3 is 2.14 bits per heavy atom. The first-order valence-electron chi connectivity index (χ1n) is 4.33. The van der Waals surface area contributed by atoms with Gasteiger partial charge in [0, 0.05) is 5.56 Å². The molecule has 1 nitrogen and oxygen atoms in total. The van der Waals surface area contributed by atoms with Crippen LogP contribution in [0, 0.1) is 0 Å². The van der Waals surface area contributed by atoms with Crippen LogP contribution in [0.25, 0.3) is 0 Å². The van der Waals surface area contributed by atoms with E-state index in [9.17, 15) is 18.3 Å². The summed E-state index contributed by atoms with van der Waals surface area (Å²) in [4.78, 5) is 0. The fraction of sp³-hybridized carbons (Fsp3) is 0.400. The van der Waals surface area contributed by atoms with Crippen LogP contribution in [0.2, 0.25) is 0 Å². The van der Waals surface area contributed by atoms with Crippen molar-refractivity contribution < 1.29 is 18.3 Å². The third kappa shape index (κ3) is 1.17. The average molecular weight is 202 g/mol. The Morgan fingerprint density at radius 2 is 1.71 bits per heavy atom. The molecule has 0 aliphatic heterocycles. The van der Waals surface area contributed by atoms with Crippen LogP contribution in [0.3, 0.4) is 0 Å². The number of phenols is 1. The molecule has 76 valence electrons. The standard InChI is InChI=1S/C10H9F3O/c11-10(12,13)9(5-6-9)7-3-1-2-4-8(7)14/h1-4,14H,5-6H2. The summed E-state index contributed by atoms with van der Waals surface area (Å²) < 4.78 is 38.0. The zero-order valence-corrected chi connectivity index (χ0v) is 7.30. The second kappa shape index (κ2) is 2.65. The number of halogens is 3. The highest BCUT2D eigenvalue weighted by Gasteiger charge is 2.65. The molecule has 0 radical (unpaired) electrons. The van der Waals surface area contributed by atoms with E-state index < -0.39 is 11.6 Å². The van der Waals surface area contributed by atoms with Gasteiger partial charge in [0.1, 0.15) is 5.75 Å². The lowest BCUT2D eigenvalue weighted by atomic mass is 9.94. The first kappa shape index (κ1) is 9.37. The average Bonchev–Trinajstić information content (AvgIpc) is 2.84. The predicted molar refractivity (Wildman–Crippen MR) is 45.1 cm³/mol. The maximum absolute atomic E-state index is 12.7. The highest BCUT2D eigenvalue weighted by molar-refractivity contribution is 5.43. The number of rotatable bonds is 1. The maximum atomic E-state index is 12.7. The van der Waals surface area contributed by atoms with E-state index in [1.165, 1.54) is 24.3 Å². The largest absolute Gasteiger partial charge is 0.508 e. The van der Waals surface area contributed by atoms with Gasteiger partial charge in [0.15, 0.2) is 0 Å². The Bertz CT molecular complexity index is 353. The van der Waals surface area contributed by atoms with Crippen molar-refractivity contribution in [1.82, 2.24) is 0 Å². The van der Waals surface area contributed by atoms with Gasteiger partial charge in [-0.2, -0.15) is 13.2 Å². The van der Waals surface area contributed by atoms with E-state index in [2.05, 4.69) is 0 Å². The lowest BCUT2D eigenvalue weighted by Gasteiger charge is -2.20. The minimum Gasteiger partial charge on any atom is -0.508 e. The van der Waals surface area contributed by atoms with E-state index >= 15 is 0 Å². The summed E-state index contributed by atoms with van der Waals surface area (Å²) in [5.74, 6) is -0.262. The van der Waals surface area contributed by atoms with Crippen molar-refractivity contribution in [3.63, 3.8) is 0 Å². The number of phenolic OH excluding ortho intramolecular Hbond substituents is 1. The summed E-state index contributed by atoms with van der Waals surface area (Å²) in [5.41, 5.74) is -1.77. The zero-order valence-electron chi connectivity index (χ0n) is 7.30. The number of benzene rings is 1. The smallest absolute Gasteiger partial charge is 0.398 e. The number of hydrogen-bond acceptors (Lipinski definition) is 1. The molecule has 0 amide bonds. The number of hydrogen-bond donors (Lipinski definition) is 1. The van der Waals surface area contributed by atoms with Gasteiger partial charge in [0.05, 0.1) is 5.41 Å². The molecule has 4 heteroatoms. The van der Waals surface area contributed by atoms with Crippen molar-refractivity contribution in [3.8, 4) is 5.75 Å². The fourth-order valence-corrected chi connectivity index (χ4v) is 1.71. The lowest BCUT2D eigenvalue weighted by molar-refractivity contribution is -0.161. The van der Waals surface area contributed by atoms with Gasteiger partial charge in [-0.3, -0.25) is 0 Å². The predicted octanol–water partition coefficient (Wildman–Crippen LogP) is 2.99. The van der Waals surface area contributed by atoms with Crippen LogP contribution in [0.5, 0.6) is 5.75 Å². The molecular weight excluding hydrogens is 193 g/mol. The van der Waals surface area contributed by atoms with Crippen molar-refractivity contribution >= 4 is 0 Å². The summed E-state index contributed by atoms with van der Waals surface area (Å²) in [6, 6.07) is 5.67. The highest BCUT2D eigenvalue weighted by Crippen LogP contribution is 2.60. The molecule has 14 heavy (non-hydrogen) atoms. The van der Waals surface area contributed by atoms with E-state index in [1.807, 2.05) is 0 Å². The summed E-state index contributed by atoms with van der Waals surface area (Å²) in [5, 5.41) is 9.35. The maximum Gasteiger partial charge on any atom is 0.398 e. The van der Waals surface area contributed by atoms with Crippen LogP contribution < -0.4 is 0 Å². The van der Waals surface area contributed by atoms with Gasteiger partial charge in [-0.25, -0.2) is 0 Å². The molecule has 0 heterocycles. The van der Waals surface area contributed by atoms with Crippen LogP contribution in [0.4, 0.5) is 13.2 Å². The van der Waals surface area contributed by atoms with E-state index in [0.717, 1.165) is 0 Å². The molecule has 0 aromatic heterocycles. The Labute approximate surface area is 79.2 Å². The Morgan fingerprint density at radius 1 is 1.14 bits per heavy atom. The monoisotopic (exact) mass is 202 g/mol. The first-order valence-corrected chi connectivity index (χ1v) is 4.33. The second-order valence-electron chi connectivity index (χ2n) is 3.60. The van der Waals surface area contributed by atoms with E-state index in [1.54, 1.807) is 0 Å². The van der Waals surface area contributed by atoms with Gasteiger partial charge in [-0.1, -0.05) is 18.2 Å². The molecule has 1 aromatic carbocycles. The number of para-hydroxylation sites is 1. The van der Waals surface area contributed by atoms with Gasteiger partial charge >= 0.3 is 6.18 Å². The minimum atomic E-state index is -4.26. The molecule has 0 atom stereocenters. The van der Waals surface area contributed by atoms with Crippen molar-refractivity contribution in [2.24, 2.45) is 0 Å². The second-order valence-corrected chi connectivity index (χ2v) is 3.60. The van der Waals surface area contributed by atoms with Crippen LogP contribution in [-0.4, -0.2) is 11.3 Å². The molecule has 2 rings (SSSR count). The normalized spacial score (nSPS) is 19.4. The highest BCUT2D eigenvalue weighted by atomic mass is 19.4. The molecule has 0 saturated heterocycles. The van der Waals surface area contributed by atoms with Crippen molar-refractivity contribution in [2.45, 2.75) is 24.4 Å². The van der Waals surface area contributed by atoms with E-state index in [-0.39, 0.29) is 24.2 Å². The molecule has 0 bridgehead atoms. The SMILES string of the molecule is Oc1ccccc1C1(C(F)(F)F)CC1. The molecule has 0 unspecified atom stereocenters. The van der Waals surface area contributed by atoms with E-state index in [4.69, 9.17) is 0 Å². The molecule has 1 aliphatic carbocycles. The van der Waals surface area contributed by atoms with Gasteiger partial charge in [0.2, 0.25) is 0 Å². The van der Waals surface area contributed by atoms with E-state index in [0.29, 0.717) is 0 Å². The fourth-order valence-electron chi connectivity index (χ4n) is 1.71. The van der Waals surface area contributed by atoms with Crippen LogP contribution in [-0.2, 0) is 5.41 Å². The molecule has 1 aliphatic rings. The third-order valence-electron chi connectivity index (χ3n) is 2.71. The zero-order chi connectivity index (χ0) is 10.4. The van der Waals surface area contributed by atoms with Gasteiger partial charge < -0.3 is 5.11 Å². The molecule has 0 spiro atoms. The van der Waals surface area contributed by atoms with Gasteiger partial charge in [-0.15, -0.1) is 0 Å². The Hall–Kier alpha value is -1.19. The number of aromatic hydroxyl groups is 1. The molecular formula is C10H9F3O. The number of alkyl halides is 3. The van der Waals surface area contributed by atoms with Gasteiger partial charge in [0.25, 0.3) is 0 Å². The molecule has 1 fully saturated rings. The van der Waals surface area contributed by atoms with Crippen LogP contribution >= 0.6 is 0 Å². The van der Waals surface area contributed by atoms with Crippen LogP contribution in [0.15, 0.2) is 24.3 Å². The van der Waals surface area contributed by atoms with Crippen molar-refractivity contribution in [3.05, 3.63) is 29.8 Å². The third-order valence-corrected chi connectivity index (χ3v) is 2.71. The summed E-state index contributed by atoms with van der Waals surface area (Å²) in [6.07, 6.45) is -4.10. The Kier molecular flexibility index (Phi) is 1.77. The van der Waals surface area contributed by atoms with Crippen molar-refractivity contribution in [1.29, 1.82) is 0 Å². The lowest BCUT2D eigenvalue weighted by Crippen LogP contribution is -2.28. The van der Waals surface area contributed by atoms with Crippen LogP contribution in [0.1, 0.15) is 18.4 Å². The topological polar surface area (TPSA) is 20.2 Å².